The van der Waals surface area contributed by atoms with E-state index < -0.39 is 0 Å². The zero-order valence-corrected chi connectivity index (χ0v) is 13.1. The molecule has 2 atom stereocenters. The minimum atomic E-state index is 0.492. The normalized spacial score (nSPS) is 34.9. The predicted octanol–water partition coefficient (Wildman–Crippen LogP) is 4.53. The van der Waals surface area contributed by atoms with Gasteiger partial charge in [0.25, 0.3) is 0 Å². The molecule has 1 heterocycles. The summed E-state index contributed by atoms with van der Waals surface area (Å²) in [4.78, 5) is 0. The molecule has 2 aromatic rings. The highest BCUT2D eigenvalue weighted by molar-refractivity contribution is 5.57. The Morgan fingerprint density at radius 1 is 1.05 bits per heavy atom. The Bertz CT molecular complexity index is 685. The van der Waals surface area contributed by atoms with Crippen molar-refractivity contribution in [3.63, 3.8) is 0 Å². The Kier molecular flexibility index (Phi) is 2.64. The highest BCUT2D eigenvalue weighted by atomic mass is 16.3. The van der Waals surface area contributed by atoms with E-state index in [1.54, 1.807) is 0 Å². The first-order valence-corrected chi connectivity index (χ1v) is 8.63. The van der Waals surface area contributed by atoms with Gasteiger partial charge in [-0.2, -0.15) is 0 Å². The maximum absolute atomic E-state index is 5.69. The smallest absolute Gasteiger partial charge is 0.134 e. The standard InChI is InChI=1S/C20H23NO/c1-13-2-7-19(22-13)15-5-3-14(4-6-15)12-21-20-10-16-8-18(20)9-17(16)11-20/h2-7,16-18,21H,8-12H2,1H3. The molecule has 114 valence electrons. The van der Waals surface area contributed by atoms with Crippen LogP contribution in [0.25, 0.3) is 11.3 Å². The van der Waals surface area contributed by atoms with Crippen molar-refractivity contribution in [1.82, 2.24) is 5.32 Å². The Hall–Kier alpha value is -1.54. The monoisotopic (exact) mass is 293 g/mol. The van der Waals surface area contributed by atoms with Crippen molar-refractivity contribution >= 4 is 0 Å². The lowest BCUT2D eigenvalue weighted by Gasteiger charge is -2.30. The fourth-order valence-corrected chi connectivity index (χ4v) is 5.46. The van der Waals surface area contributed by atoms with Crippen molar-refractivity contribution < 1.29 is 4.42 Å². The van der Waals surface area contributed by atoms with Gasteiger partial charge in [-0.25, -0.2) is 0 Å². The number of hydrogen-bond donors (Lipinski definition) is 1. The summed E-state index contributed by atoms with van der Waals surface area (Å²) in [5.41, 5.74) is 3.04. The van der Waals surface area contributed by atoms with E-state index in [1.165, 1.54) is 36.8 Å². The second-order valence-electron chi connectivity index (χ2n) is 7.71. The van der Waals surface area contributed by atoms with Crippen LogP contribution in [0.1, 0.15) is 37.0 Å². The van der Waals surface area contributed by atoms with Gasteiger partial charge in [0, 0.05) is 17.6 Å². The topological polar surface area (TPSA) is 25.2 Å². The van der Waals surface area contributed by atoms with Gasteiger partial charge in [0.2, 0.25) is 0 Å². The van der Waals surface area contributed by atoms with E-state index in [0.29, 0.717) is 5.54 Å². The summed E-state index contributed by atoms with van der Waals surface area (Å²) in [5, 5.41) is 3.93. The molecular formula is C20H23NO. The quantitative estimate of drug-likeness (QED) is 0.895. The molecule has 0 amide bonds. The van der Waals surface area contributed by atoms with Crippen LogP contribution in [-0.2, 0) is 6.54 Å². The number of nitrogens with one attached hydrogen (secondary N) is 1. The van der Waals surface area contributed by atoms with Gasteiger partial charge >= 0.3 is 0 Å². The third-order valence-electron chi connectivity index (χ3n) is 6.50. The van der Waals surface area contributed by atoms with Crippen molar-refractivity contribution in [1.29, 1.82) is 0 Å². The highest BCUT2D eigenvalue weighted by Crippen LogP contribution is 2.65. The second-order valence-corrected chi connectivity index (χ2v) is 7.71. The molecular weight excluding hydrogens is 270 g/mol. The average Bonchev–Trinajstić information content (AvgIpc) is 3.28. The fourth-order valence-electron chi connectivity index (χ4n) is 5.46. The second kappa shape index (κ2) is 4.48. The van der Waals surface area contributed by atoms with Crippen LogP contribution in [0.2, 0.25) is 0 Å². The lowest BCUT2D eigenvalue weighted by atomic mass is 9.90. The molecule has 0 spiro atoms. The third-order valence-corrected chi connectivity index (χ3v) is 6.50. The summed E-state index contributed by atoms with van der Waals surface area (Å²) < 4.78 is 5.69. The molecule has 2 unspecified atom stereocenters. The molecule has 4 fully saturated rings. The molecule has 1 aromatic carbocycles. The first-order valence-electron chi connectivity index (χ1n) is 8.63. The number of aryl methyl sites for hydroxylation is 1. The van der Waals surface area contributed by atoms with Crippen LogP contribution < -0.4 is 5.32 Å². The van der Waals surface area contributed by atoms with Gasteiger partial charge in [-0.05, 0) is 68.1 Å². The number of rotatable bonds is 4. The predicted molar refractivity (Wildman–Crippen MR) is 87.4 cm³/mol. The van der Waals surface area contributed by atoms with Crippen LogP contribution in [0.15, 0.2) is 40.8 Å². The number of hydrogen-bond acceptors (Lipinski definition) is 2. The van der Waals surface area contributed by atoms with Gasteiger partial charge < -0.3 is 9.73 Å². The van der Waals surface area contributed by atoms with Gasteiger partial charge in [0.05, 0.1) is 0 Å². The van der Waals surface area contributed by atoms with Gasteiger partial charge in [-0.15, -0.1) is 0 Å². The summed E-state index contributed by atoms with van der Waals surface area (Å²) in [7, 11) is 0. The molecule has 0 saturated heterocycles. The van der Waals surface area contributed by atoms with E-state index in [0.717, 1.165) is 35.8 Å². The Balaban J connectivity index is 1.29. The first-order chi connectivity index (χ1) is 10.7. The van der Waals surface area contributed by atoms with Crippen LogP contribution in [-0.4, -0.2) is 5.54 Å². The van der Waals surface area contributed by atoms with Crippen molar-refractivity contribution in [3.05, 3.63) is 47.7 Å². The van der Waals surface area contributed by atoms with Crippen LogP contribution >= 0.6 is 0 Å². The third kappa shape index (κ3) is 1.83. The van der Waals surface area contributed by atoms with E-state index in [-0.39, 0.29) is 0 Å². The zero-order chi connectivity index (χ0) is 14.7. The molecule has 1 aromatic heterocycles. The Morgan fingerprint density at radius 3 is 2.32 bits per heavy atom. The van der Waals surface area contributed by atoms with Crippen molar-refractivity contribution in [2.75, 3.05) is 0 Å². The molecule has 0 radical (unpaired) electrons. The molecule has 22 heavy (non-hydrogen) atoms. The molecule has 4 saturated carbocycles. The van der Waals surface area contributed by atoms with Gasteiger partial charge in [0.15, 0.2) is 0 Å². The van der Waals surface area contributed by atoms with E-state index in [4.69, 9.17) is 4.42 Å². The fraction of sp³-hybridized carbons (Fsp3) is 0.500. The molecule has 4 bridgehead atoms. The maximum atomic E-state index is 5.69. The van der Waals surface area contributed by atoms with Gasteiger partial charge in [-0.1, -0.05) is 24.3 Å². The highest BCUT2D eigenvalue weighted by Gasteiger charge is 2.62. The van der Waals surface area contributed by atoms with Crippen molar-refractivity contribution in [3.8, 4) is 11.3 Å². The molecule has 0 aliphatic heterocycles. The van der Waals surface area contributed by atoms with Crippen molar-refractivity contribution in [2.45, 2.75) is 44.7 Å². The maximum Gasteiger partial charge on any atom is 0.134 e. The van der Waals surface area contributed by atoms with Crippen LogP contribution in [0.4, 0.5) is 0 Å². The van der Waals surface area contributed by atoms with Crippen LogP contribution in [0, 0.1) is 24.7 Å². The molecule has 1 N–H and O–H groups in total. The number of furan rings is 1. The number of benzene rings is 1. The van der Waals surface area contributed by atoms with Crippen LogP contribution in [0.3, 0.4) is 0 Å². The van der Waals surface area contributed by atoms with Gasteiger partial charge in [-0.3, -0.25) is 0 Å². The molecule has 2 nitrogen and oxygen atoms in total. The van der Waals surface area contributed by atoms with E-state index in [1.807, 2.05) is 19.1 Å². The van der Waals surface area contributed by atoms with Crippen LogP contribution in [0.5, 0.6) is 0 Å². The summed E-state index contributed by atoms with van der Waals surface area (Å²) >= 11 is 0. The summed E-state index contributed by atoms with van der Waals surface area (Å²) in [6.45, 7) is 3.00. The SMILES string of the molecule is Cc1ccc(-c2ccc(CNC34CC5CC3CC5C4)cc2)o1. The average molecular weight is 293 g/mol. The van der Waals surface area contributed by atoms with E-state index in [2.05, 4.69) is 29.6 Å². The van der Waals surface area contributed by atoms with Gasteiger partial charge in [0.1, 0.15) is 11.5 Å². The van der Waals surface area contributed by atoms with E-state index >= 15 is 0 Å². The first kappa shape index (κ1) is 13.0. The lowest BCUT2D eigenvalue weighted by Crippen LogP contribution is -2.44. The largest absolute Gasteiger partial charge is 0.461 e. The molecule has 4 aliphatic rings. The van der Waals surface area contributed by atoms with E-state index in [9.17, 15) is 0 Å². The minimum Gasteiger partial charge on any atom is -0.461 e. The molecule has 2 heteroatoms. The molecule has 4 aliphatic carbocycles. The summed E-state index contributed by atoms with van der Waals surface area (Å²) in [6, 6.07) is 12.9. The minimum absolute atomic E-state index is 0.492. The Morgan fingerprint density at radius 2 is 1.77 bits per heavy atom. The van der Waals surface area contributed by atoms with Crippen molar-refractivity contribution in [2.24, 2.45) is 17.8 Å². The zero-order valence-electron chi connectivity index (χ0n) is 13.1. The molecule has 6 rings (SSSR count). The summed E-state index contributed by atoms with van der Waals surface area (Å²) in [6.07, 6.45) is 5.86. The lowest BCUT2D eigenvalue weighted by molar-refractivity contribution is 0.283. The Labute approximate surface area is 131 Å². The summed E-state index contributed by atoms with van der Waals surface area (Å²) in [5.74, 6) is 4.98.